The third-order valence-corrected chi connectivity index (χ3v) is 3.32. The largest absolute Gasteiger partial charge is 0.350 e. The lowest BCUT2D eigenvalue weighted by atomic mass is 10.2. The molecule has 0 aliphatic heterocycles. The van der Waals surface area contributed by atoms with Crippen LogP contribution >= 0.6 is 23.2 Å². The molecule has 0 aliphatic rings. The molecule has 0 fully saturated rings. The van der Waals surface area contributed by atoms with Crippen LogP contribution in [0.3, 0.4) is 0 Å². The fourth-order valence-electron chi connectivity index (χ4n) is 1.55. The molecular weight excluding hydrogens is 301 g/mol. The molecule has 0 spiro atoms. The predicted molar refractivity (Wildman–Crippen MR) is 76.8 cm³/mol. The van der Waals surface area contributed by atoms with Gasteiger partial charge in [-0.05, 0) is 5.56 Å². The standard InChI is InChI=1S/C13H11Cl2N3O2/c14-10-7-17-18(13(20)12(10)15)8-11(19)16-6-9-4-2-1-3-5-9/h1-5,7H,6,8H2,(H,16,19). The number of carbonyl (C=O) groups is 1. The Bertz CT molecular complexity index is 671. The molecule has 1 aromatic carbocycles. The van der Waals surface area contributed by atoms with Gasteiger partial charge in [0.2, 0.25) is 5.91 Å². The van der Waals surface area contributed by atoms with Crippen molar-refractivity contribution in [1.82, 2.24) is 15.1 Å². The van der Waals surface area contributed by atoms with Gasteiger partial charge < -0.3 is 5.32 Å². The van der Waals surface area contributed by atoms with E-state index in [4.69, 9.17) is 23.2 Å². The highest BCUT2D eigenvalue weighted by Crippen LogP contribution is 2.14. The van der Waals surface area contributed by atoms with Gasteiger partial charge in [0.25, 0.3) is 5.56 Å². The van der Waals surface area contributed by atoms with Crippen LogP contribution in [-0.2, 0) is 17.9 Å². The number of hydrogen-bond donors (Lipinski definition) is 1. The quantitative estimate of drug-likeness (QED) is 0.937. The predicted octanol–water partition coefficient (Wildman–Crippen LogP) is 1.87. The van der Waals surface area contributed by atoms with Crippen molar-refractivity contribution >= 4 is 29.1 Å². The van der Waals surface area contributed by atoms with Crippen molar-refractivity contribution in [2.24, 2.45) is 0 Å². The molecular formula is C13H11Cl2N3O2. The number of benzene rings is 1. The van der Waals surface area contributed by atoms with E-state index in [2.05, 4.69) is 10.4 Å². The van der Waals surface area contributed by atoms with Gasteiger partial charge in [0, 0.05) is 6.54 Å². The molecule has 2 rings (SSSR count). The number of hydrogen-bond acceptors (Lipinski definition) is 3. The van der Waals surface area contributed by atoms with E-state index < -0.39 is 5.56 Å². The Morgan fingerprint density at radius 1 is 1.25 bits per heavy atom. The van der Waals surface area contributed by atoms with Gasteiger partial charge in [0.1, 0.15) is 11.6 Å². The van der Waals surface area contributed by atoms with E-state index in [0.29, 0.717) is 6.54 Å². The van der Waals surface area contributed by atoms with Gasteiger partial charge >= 0.3 is 0 Å². The Morgan fingerprint density at radius 3 is 2.65 bits per heavy atom. The van der Waals surface area contributed by atoms with Gasteiger partial charge in [-0.2, -0.15) is 5.10 Å². The average Bonchev–Trinajstić information content (AvgIpc) is 2.47. The van der Waals surface area contributed by atoms with Crippen LogP contribution in [-0.4, -0.2) is 15.7 Å². The Balaban J connectivity index is 1.99. The van der Waals surface area contributed by atoms with Gasteiger partial charge in [-0.3, -0.25) is 9.59 Å². The van der Waals surface area contributed by atoms with Gasteiger partial charge in [0.05, 0.1) is 11.2 Å². The molecule has 5 nitrogen and oxygen atoms in total. The molecule has 20 heavy (non-hydrogen) atoms. The summed E-state index contributed by atoms with van der Waals surface area (Å²) in [5, 5.41) is 6.38. The topological polar surface area (TPSA) is 64.0 Å². The second kappa shape index (κ2) is 6.54. The molecule has 0 bridgehead atoms. The SMILES string of the molecule is O=C(Cn1ncc(Cl)c(Cl)c1=O)NCc1ccccc1. The average molecular weight is 312 g/mol. The van der Waals surface area contributed by atoms with E-state index in [1.165, 1.54) is 6.20 Å². The summed E-state index contributed by atoms with van der Waals surface area (Å²) in [5.41, 5.74) is 0.379. The molecule has 2 aromatic rings. The van der Waals surface area contributed by atoms with Gasteiger partial charge in [-0.25, -0.2) is 4.68 Å². The first kappa shape index (κ1) is 14.6. The number of amides is 1. The summed E-state index contributed by atoms with van der Waals surface area (Å²) in [7, 11) is 0. The van der Waals surface area contributed by atoms with Gasteiger partial charge in [0.15, 0.2) is 0 Å². The highest BCUT2D eigenvalue weighted by Gasteiger charge is 2.10. The molecule has 0 unspecified atom stereocenters. The Labute approximate surface area is 125 Å². The Morgan fingerprint density at radius 2 is 1.95 bits per heavy atom. The first-order valence-electron chi connectivity index (χ1n) is 5.79. The number of nitrogens with one attached hydrogen (secondary N) is 1. The Hall–Kier alpha value is -1.85. The molecule has 0 aliphatic carbocycles. The van der Waals surface area contributed by atoms with Crippen molar-refractivity contribution in [3.8, 4) is 0 Å². The molecule has 0 saturated heterocycles. The summed E-state index contributed by atoms with van der Waals surface area (Å²) < 4.78 is 0.967. The molecule has 1 aromatic heterocycles. The van der Waals surface area contributed by atoms with Crippen LogP contribution in [0, 0.1) is 0 Å². The van der Waals surface area contributed by atoms with E-state index in [1.807, 2.05) is 30.3 Å². The number of nitrogens with zero attached hydrogens (tertiary/aromatic N) is 2. The maximum atomic E-state index is 11.7. The minimum atomic E-state index is -0.589. The zero-order chi connectivity index (χ0) is 14.5. The van der Waals surface area contributed by atoms with E-state index in [0.717, 1.165) is 10.2 Å². The van der Waals surface area contributed by atoms with E-state index in [9.17, 15) is 9.59 Å². The summed E-state index contributed by atoms with van der Waals surface area (Å²) in [6.07, 6.45) is 1.23. The maximum absolute atomic E-state index is 11.7. The normalized spacial score (nSPS) is 10.3. The summed E-state index contributed by atoms with van der Waals surface area (Å²) >= 11 is 11.4. The van der Waals surface area contributed by atoms with Crippen molar-refractivity contribution < 1.29 is 4.79 Å². The maximum Gasteiger partial charge on any atom is 0.287 e. The lowest BCUT2D eigenvalue weighted by Crippen LogP contribution is -2.33. The van der Waals surface area contributed by atoms with Crippen molar-refractivity contribution in [2.75, 3.05) is 0 Å². The highest BCUT2D eigenvalue weighted by molar-refractivity contribution is 6.41. The van der Waals surface area contributed by atoms with Crippen LogP contribution < -0.4 is 10.9 Å². The summed E-state index contributed by atoms with van der Waals surface area (Å²) in [6.45, 7) is 0.179. The molecule has 1 amide bonds. The van der Waals surface area contributed by atoms with E-state index in [-0.39, 0.29) is 22.5 Å². The van der Waals surface area contributed by atoms with Crippen LogP contribution in [0.15, 0.2) is 41.3 Å². The van der Waals surface area contributed by atoms with Crippen molar-refractivity contribution in [2.45, 2.75) is 13.1 Å². The van der Waals surface area contributed by atoms with Crippen molar-refractivity contribution in [1.29, 1.82) is 0 Å². The second-order valence-corrected chi connectivity index (χ2v) is 4.82. The lowest BCUT2D eigenvalue weighted by molar-refractivity contribution is -0.122. The van der Waals surface area contributed by atoms with Crippen molar-refractivity contribution in [3.05, 3.63) is 62.5 Å². The zero-order valence-corrected chi connectivity index (χ0v) is 11.9. The summed E-state index contributed by atoms with van der Waals surface area (Å²) in [6, 6.07) is 9.44. The highest BCUT2D eigenvalue weighted by atomic mass is 35.5. The van der Waals surface area contributed by atoms with Crippen LogP contribution in [0.5, 0.6) is 0 Å². The van der Waals surface area contributed by atoms with Crippen LogP contribution in [0.25, 0.3) is 0 Å². The molecule has 0 atom stereocenters. The molecule has 0 saturated carbocycles. The van der Waals surface area contributed by atoms with Crippen LogP contribution in [0.4, 0.5) is 0 Å². The molecule has 0 radical (unpaired) electrons. The van der Waals surface area contributed by atoms with Crippen molar-refractivity contribution in [3.63, 3.8) is 0 Å². The lowest BCUT2D eigenvalue weighted by Gasteiger charge is -2.07. The van der Waals surface area contributed by atoms with E-state index >= 15 is 0 Å². The van der Waals surface area contributed by atoms with Gasteiger partial charge in [-0.15, -0.1) is 0 Å². The zero-order valence-electron chi connectivity index (χ0n) is 10.3. The molecule has 1 heterocycles. The third kappa shape index (κ3) is 3.59. The minimum absolute atomic E-state index is 0.0672. The van der Waals surface area contributed by atoms with Crippen LogP contribution in [0.1, 0.15) is 5.56 Å². The number of aromatic nitrogens is 2. The molecule has 1 N–H and O–H groups in total. The number of halogens is 2. The molecule has 7 heteroatoms. The van der Waals surface area contributed by atoms with E-state index in [1.54, 1.807) is 0 Å². The second-order valence-electron chi connectivity index (χ2n) is 4.03. The first-order valence-corrected chi connectivity index (χ1v) is 6.55. The summed E-state index contributed by atoms with van der Waals surface area (Å²) in [4.78, 5) is 23.5. The minimum Gasteiger partial charge on any atom is -0.350 e. The third-order valence-electron chi connectivity index (χ3n) is 2.57. The summed E-state index contributed by atoms with van der Waals surface area (Å²) in [5.74, 6) is -0.332. The fourth-order valence-corrected chi connectivity index (χ4v) is 1.82. The smallest absolute Gasteiger partial charge is 0.287 e. The first-order chi connectivity index (χ1) is 9.58. The Kier molecular flexibility index (Phi) is 4.76. The number of rotatable bonds is 4. The van der Waals surface area contributed by atoms with Gasteiger partial charge in [-0.1, -0.05) is 53.5 Å². The van der Waals surface area contributed by atoms with Crippen LogP contribution in [0.2, 0.25) is 10.0 Å². The monoisotopic (exact) mass is 311 g/mol. The molecule has 104 valence electrons. The number of carbonyl (C=O) groups excluding carboxylic acids is 1. The fraction of sp³-hybridized carbons (Fsp3) is 0.154.